The number of hydrogen-bond donors (Lipinski definition) is 1. The van der Waals surface area contributed by atoms with Gasteiger partial charge in [0.05, 0.1) is 18.7 Å². The van der Waals surface area contributed by atoms with E-state index in [4.69, 9.17) is 9.15 Å². The Balaban J connectivity index is 1.63. The molecule has 1 N–H and O–H groups in total. The van der Waals surface area contributed by atoms with Crippen LogP contribution in [0.4, 0.5) is 0 Å². The predicted molar refractivity (Wildman–Crippen MR) is 97.8 cm³/mol. The largest absolute Gasteiger partial charge is 0.494 e. The zero-order valence-corrected chi connectivity index (χ0v) is 14.5. The average molecular weight is 364 g/mol. The summed E-state index contributed by atoms with van der Waals surface area (Å²) < 4.78 is 12.4. The number of amides is 1. The van der Waals surface area contributed by atoms with Crippen molar-refractivity contribution in [1.29, 1.82) is 0 Å². The van der Waals surface area contributed by atoms with Gasteiger partial charge in [0.15, 0.2) is 11.5 Å². The van der Waals surface area contributed by atoms with E-state index in [2.05, 4.69) is 15.5 Å². The van der Waals surface area contributed by atoms with E-state index < -0.39 is 11.5 Å². The lowest BCUT2D eigenvalue weighted by Crippen LogP contribution is -2.25. The summed E-state index contributed by atoms with van der Waals surface area (Å²) in [5.41, 5.74) is 0.620. The normalized spacial score (nSPS) is 11.0. The number of hydrogen-bond acceptors (Lipinski definition) is 6. The molecule has 0 aliphatic heterocycles. The van der Waals surface area contributed by atoms with Crippen LogP contribution in [-0.2, 0) is 6.54 Å². The summed E-state index contributed by atoms with van der Waals surface area (Å²) in [6, 6.07) is 11.7. The Morgan fingerprint density at radius 1 is 1.22 bits per heavy atom. The van der Waals surface area contributed by atoms with E-state index in [-0.39, 0.29) is 12.1 Å². The number of carbonyl (C=O) groups excluding carboxylic acids is 1. The van der Waals surface area contributed by atoms with Crippen LogP contribution in [0.25, 0.3) is 16.6 Å². The van der Waals surface area contributed by atoms with Crippen molar-refractivity contribution in [3.05, 3.63) is 70.5 Å². The molecule has 0 radical (unpaired) electrons. The number of fused-ring (bicyclic) bond motifs is 2. The van der Waals surface area contributed by atoms with Crippen LogP contribution < -0.4 is 15.7 Å². The van der Waals surface area contributed by atoms with Crippen molar-refractivity contribution in [3.63, 3.8) is 0 Å². The quantitative estimate of drug-likeness (QED) is 0.545. The van der Waals surface area contributed by atoms with Crippen molar-refractivity contribution >= 4 is 22.5 Å². The Hall–Kier alpha value is -3.68. The molecule has 136 valence electrons. The van der Waals surface area contributed by atoms with Gasteiger partial charge in [-0.25, -0.2) is 4.79 Å². The molecule has 0 aliphatic carbocycles. The molecule has 3 aromatic heterocycles. The summed E-state index contributed by atoms with van der Waals surface area (Å²) >= 11 is 0. The van der Waals surface area contributed by atoms with Gasteiger partial charge in [0.1, 0.15) is 11.3 Å². The smallest absolute Gasteiger partial charge is 0.337 e. The van der Waals surface area contributed by atoms with Crippen molar-refractivity contribution in [3.8, 4) is 5.75 Å². The van der Waals surface area contributed by atoms with Gasteiger partial charge in [-0.05, 0) is 31.2 Å². The van der Waals surface area contributed by atoms with Gasteiger partial charge in [-0.2, -0.15) is 0 Å². The number of ether oxygens (including phenoxy) is 1. The molecule has 0 fully saturated rings. The van der Waals surface area contributed by atoms with E-state index >= 15 is 0 Å². The van der Waals surface area contributed by atoms with Crippen LogP contribution in [0.15, 0.2) is 57.9 Å². The molecule has 3 heterocycles. The van der Waals surface area contributed by atoms with Crippen LogP contribution in [0.1, 0.15) is 23.1 Å². The van der Waals surface area contributed by atoms with Gasteiger partial charge in [-0.3, -0.25) is 9.20 Å². The molecule has 0 saturated carbocycles. The van der Waals surface area contributed by atoms with E-state index in [1.54, 1.807) is 22.6 Å². The maximum Gasteiger partial charge on any atom is 0.337 e. The SMILES string of the molecule is CCOc1ccc2c(C(=O)NCc3nnc4ccccn34)cc(=O)oc2c1. The highest BCUT2D eigenvalue weighted by atomic mass is 16.5. The predicted octanol–water partition coefficient (Wildman–Crippen LogP) is 2.16. The molecule has 0 aliphatic rings. The fourth-order valence-corrected chi connectivity index (χ4v) is 2.85. The lowest BCUT2D eigenvalue weighted by molar-refractivity contribution is 0.0951. The topological polar surface area (TPSA) is 98.7 Å². The fourth-order valence-electron chi connectivity index (χ4n) is 2.85. The van der Waals surface area contributed by atoms with Crippen LogP contribution >= 0.6 is 0 Å². The van der Waals surface area contributed by atoms with E-state index in [0.717, 1.165) is 0 Å². The fraction of sp³-hybridized carbons (Fsp3) is 0.158. The van der Waals surface area contributed by atoms with Crippen molar-refractivity contribution in [2.45, 2.75) is 13.5 Å². The molecule has 0 spiro atoms. The van der Waals surface area contributed by atoms with Crippen molar-refractivity contribution in [1.82, 2.24) is 19.9 Å². The van der Waals surface area contributed by atoms with Crippen LogP contribution in [0.5, 0.6) is 5.75 Å². The monoisotopic (exact) mass is 364 g/mol. The van der Waals surface area contributed by atoms with Gasteiger partial charge in [0, 0.05) is 23.7 Å². The second kappa shape index (κ2) is 6.91. The van der Waals surface area contributed by atoms with E-state index in [9.17, 15) is 9.59 Å². The molecule has 27 heavy (non-hydrogen) atoms. The first kappa shape index (κ1) is 16.8. The minimum Gasteiger partial charge on any atom is -0.494 e. The third-order valence-corrected chi connectivity index (χ3v) is 4.06. The molecule has 1 amide bonds. The summed E-state index contributed by atoms with van der Waals surface area (Å²) in [5, 5.41) is 11.4. The molecule has 1 aromatic carbocycles. The Labute approximate surface area is 153 Å². The van der Waals surface area contributed by atoms with Crippen molar-refractivity contribution in [2.75, 3.05) is 6.61 Å². The number of pyridine rings is 1. The third-order valence-electron chi connectivity index (χ3n) is 4.06. The lowest BCUT2D eigenvalue weighted by Gasteiger charge is -2.08. The highest BCUT2D eigenvalue weighted by molar-refractivity contribution is 6.05. The highest BCUT2D eigenvalue weighted by Crippen LogP contribution is 2.22. The maximum absolute atomic E-state index is 12.7. The maximum atomic E-state index is 12.7. The zero-order valence-electron chi connectivity index (χ0n) is 14.5. The van der Waals surface area contributed by atoms with Crippen LogP contribution in [0.3, 0.4) is 0 Å². The average Bonchev–Trinajstić information content (AvgIpc) is 3.08. The molecule has 4 rings (SSSR count). The Morgan fingerprint density at radius 3 is 2.96 bits per heavy atom. The van der Waals surface area contributed by atoms with E-state index in [1.165, 1.54) is 6.07 Å². The molecular weight excluding hydrogens is 348 g/mol. The van der Waals surface area contributed by atoms with Crippen LogP contribution in [0, 0.1) is 0 Å². The first-order chi connectivity index (χ1) is 13.2. The number of carbonyl (C=O) groups is 1. The molecule has 0 saturated heterocycles. The Bertz CT molecular complexity index is 1200. The minimum atomic E-state index is -0.603. The van der Waals surface area contributed by atoms with E-state index in [0.29, 0.717) is 34.8 Å². The third kappa shape index (κ3) is 3.24. The van der Waals surface area contributed by atoms with Crippen molar-refractivity contribution in [2.24, 2.45) is 0 Å². The van der Waals surface area contributed by atoms with Crippen LogP contribution in [0.2, 0.25) is 0 Å². The van der Waals surface area contributed by atoms with Gasteiger partial charge in [0.2, 0.25) is 0 Å². The number of rotatable bonds is 5. The summed E-state index contributed by atoms with van der Waals surface area (Å²) in [6.45, 7) is 2.52. The number of aromatic nitrogens is 3. The van der Waals surface area contributed by atoms with Gasteiger partial charge < -0.3 is 14.5 Å². The van der Waals surface area contributed by atoms with Gasteiger partial charge in [-0.1, -0.05) is 6.07 Å². The van der Waals surface area contributed by atoms with E-state index in [1.807, 2.05) is 31.3 Å². The second-order valence-corrected chi connectivity index (χ2v) is 5.80. The van der Waals surface area contributed by atoms with Gasteiger partial charge in [-0.15, -0.1) is 10.2 Å². The zero-order chi connectivity index (χ0) is 18.8. The Kier molecular flexibility index (Phi) is 4.29. The number of nitrogens with zero attached hydrogens (tertiary/aromatic N) is 3. The summed E-state index contributed by atoms with van der Waals surface area (Å²) in [7, 11) is 0. The lowest BCUT2D eigenvalue weighted by atomic mass is 10.1. The standard InChI is InChI=1S/C19H16N4O4/c1-2-26-12-6-7-13-14(10-18(24)27-15(13)9-12)19(25)20-11-17-22-21-16-5-3-4-8-23(16)17/h3-10H,2,11H2,1H3,(H,20,25). The Morgan fingerprint density at radius 2 is 2.11 bits per heavy atom. The second-order valence-electron chi connectivity index (χ2n) is 5.80. The van der Waals surface area contributed by atoms with Gasteiger partial charge >= 0.3 is 5.63 Å². The molecular formula is C19H16N4O4. The number of benzene rings is 1. The van der Waals surface area contributed by atoms with Crippen LogP contribution in [-0.4, -0.2) is 27.1 Å². The molecule has 8 nitrogen and oxygen atoms in total. The number of nitrogens with one attached hydrogen (secondary N) is 1. The molecule has 0 atom stereocenters. The molecule has 0 unspecified atom stereocenters. The highest BCUT2D eigenvalue weighted by Gasteiger charge is 2.15. The summed E-state index contributed by atoms with van der Waals surface area (Å²) in [4.78, 5) is 24.5. The van der Waals surface area contributed by atoms with Gasteiger partial charge in [0.25, 0.3) is 5.91 Å². The molecule has 0 bridgehead atoms. The minimum absolute atomic E-state index is 0.169. The molecule has 8 heteroatoms. The molecule has 4 aromatic rings. The first-order valence-corrected chi connectivity index (χ1v) is 8.43. The first-order valence-electron chi connectivity index (χ1n) is 8.43. The summed E-state index contributed by atoms with van der Waals surface area (Å²) in [5.74, 6) is 0.759. The van der Waals surface area contributed by atoms with Crippen molar-refractivity contribution < 1.29 is 13.9 Å². The summed E-state index contributed by atoms with van der Waals surface area (Å²) in [6.07, 6.45) is 1.82.